The second-order valence-corrected chi connectivity index (χ2v) is 5.75. The van der Waals surface area contributed by atoms with E-state index in [2.05, 4.69) is 0 Å². The number of hydrogen-bond donors (Lipinski definition) is 0. The van der Waals surface area contributed by atoms with E-state index >= 15 is 0 Å². The Morgan fingerprint density at radius 2 is 1.86 bits per heavy atom. The first-order chi connectivity index (χ1) is 13.3. The molecule has 0 bridgehead atoms. The van der Waals surface area contributed by atoms with Crippen LogP contribution in [-0.4, -0.2) is 26.1 Å². The van der Waals surface area contributed by atoms with Crippen molar-refractivity contribution >= 4 is 17.5 Å². The average molecular weight is 386 g/mol. The van der Waals surface area contributed by atoms with Gasteiger partial charge in [0.2, 0.25) is 0 Å². The maximum absolute atomic E-state index is 12.4. The van der Waals surface area contributed by atoms with Crippen LogP contribution < -0.4 is 9.64 Å². The van der Waals surface area contributed by atoms with Crippen molar-refractivity contribution in [3.63, 3.8) is 0 Å². The van der Waals surface area contributed by atoms with Gasteiger partial charge in [0.1, 0.15) is 5.75 Å². The van der Waals surface area contributed by atoms with Crippen molar-refractivity contribution in [2.75, 3.05) is 18.6 Å². The summed E-state index contributed by atoms with van der Waals surface area (Å²) >= 11 is 0. The maximum Gasteiger partial charge on any atom is 0.422 e. The lowest BCUT2D eigenvalue weighted by Gasteiger charge is -2.19. The molecule has 2 rings (SSSR count). The molecule has 0 aliphatic carbocycles. The summed E-state index contributed by atoms with van der Waals surface area (Å²) in [4.78, 5) is 12.9. The van der Waals surface area contributed by atoms with Gasteiger partial charge in [0.05, 0.1) is 17.3 Å². The number of halogens is 3. The third-order valence-corrected chi connectivity index (χ3v) is 3.70. The van der Waals surface area contributed by atoms with Crippen LogP contribution in [-0.2, 0) is 4.79 Å². The van der Waals surface area contributed by atoms with Crippen LogP contribution in [0.15, 0.2) is 66.9 Å². The summed E-state index contributed by atoms with van der Waals surface area (Å²) < 4.78 is 42.1. The van der Waals surface area contributed by atoms with Crippen LogP contribution in [0, 0.1) is 11.3 Å². The second kappa shape index (κ2) is 9.42. The van der Waals surface area contributed by atoms with E-state index in [1.54, 1.807) is 72.8 Å². The topological polar surface area (TPSA) is 53.3 Å². The van der Waals surface area contributed by atoms with E-state index in [9.17, 15) is 18.0 Å². The van der Waals surface area contributed by atoms with Gasteiger partial charge in [-0.2, -0.15) is 18.4 Å². The van der Waals surface area contributed by atoms with Crippen LogP contribution in [0.3, 0.4) is 0 Å². The fourth-order valence-electron chi connectivity index (χ4n) is 2.33. The zero-order valence-electron chi connectivity index (χ0n) is 15.0. The highest BCUT2D eigenvalue weighted by atomic mass is 19.4. The molecular formula is C21H17F3N2O2. The lowest BCUT2D eigenvalue weighted by atomic mass is 10.1. The third kappa shape index (κ3) is 6.02. The molecule has 28 heavy (non-hydrogen) atoms. The second-order valence-electron chi connectivity index (χ2n) is 5.75. The number of nitrogens with zero attached hydrogens (tertiary/aromatic N) is 2. The lowest BCUT2D eigenvalue weighted by Crippen LogP contribution is -2.20. The van der Waals surface area contributed by atoms with Crippen molar-refractivity contribution in [3.8, 4) is 11.8 Å². The molecule has 0 fully saturated rings. The Labute approximate surface area is 160 Å². The van der Waals surface area contributed by atoms with Gasteiger partial charge in [-0.15, -0.1) is 0 Å². The molecule has 7 heteroatoms. The zero-order valence-corrected chi connectivity index (χ0v) is 15.0. The van der Waals surface area contributed by atoms with Crippen LogP contribution in [0.5, 0.6) is 5.75 Å². The molecule has 0 amide bonds. The van der Waals surface area contributed by atoms with Crippen LogP contribution in [0.25, 0.3) is 5.57 Å². The number of ether oxygens (including phenoxy) is 1. The molecule has 2 aromatic carbocycles. The maximum atomic E-state index is 12.4. The summed E-state index contributed by atoms with van der Waals surface area (Å²) in [6, 6.07) is 14.9. The Hall–Kier alpha value is -3.53. The summed E-state index contributed by atoms with van der Waals surface area (Å²) in [6.45, 7) is -1.38. The van der Waals surface area contributed by atoms with E-state index < -0.39 is 12.8 Å². The van der Waals surface area contributed by atoms with Crippen molar-refractivity contribution in [2.45, 2.75) is 6.18 Å². The van der Waals surface area contributed by atoms with E-state index in [0.717, 1.165) is 0 Å². The molecule has 0 saturated heterocycles. The van der Waals surface area contributed by atoms with E-state index in [1.807, 2.05) is 6.07 Å². The Morgan fingerprint density at radius 1 is 1.18 bits per heavy atom. The minimum Gasteiger partial charge on any atom is -0.482 e. The molecule has 2 aromatic rings. The van der Waals surface area contributed by atoms with Gasteiger partial charge in [0, 0.05) is 18.8 Å². The Kier molecular flexibility index (Phi) is 6.99. The molecular weight excluding hydrogens is 369 g/mol. The number of carbonyl (C=O) groups is 1. The predicted molar refractivity (Wildman–Crippen MR) is 101 cm³/mol. The number of aldehydes is 1. The van der Waals surface area contributed by atoms with Gasteiger partial charge in [-0.05, 0) is 42.0 Å². The summed E-state index contributed by atoms with van der Waals surface area (Å²) in [6.07, 6.45) is 1.03. The SMILES string of the molecule is CN(/C=C\C=C(/C=O)c1ccc(C#N)cc1)c1ccccc1OCC(F)(F)F. The molecule has 0 atom stereocenters. The Morgan fingerprint density at radius 3 is 2.46 bits per heavy atom. The number of anilines is 1. The highest BCUT2D eigenvalue weighted by molar-refractivity contribution is 6.07. The lowest BCUT2D eigenvalue weighted by molar-refractivity contribution is -0.153. The van der Waals surface area contributed by atoms with Crippen LogP contribution in [0.1, 0.15) is 11.1 Å². The van der Waals surface area contributed by atoms with Gasteiger partial charge in [-0.1, -0.05) is 24.3 Å². The molecule has 0 aliphatic rings. The molecule has 0 aliphatic heterocycles. The number of carbonyl (C=O) groups excluding carboxylic acids is 1. The first kappa shape index (κ1) is 20.8. The van der Waals surface area contributed by atoms with Gasteiger partial charge >= 0.3 is 6.18 Å². The quantitative estimate of drug-likeness (QED) is 0.392. The number of rotatable bonds is 7. The van der Waals surface area contributed by atoms with E-state index in [0.29, 0.717) is 28.7 Å². The minimum absolute atomic E-state index is 0.0960. The number of alkyl halides is 3. The highest BCUT2D eigenvalue weighted by Crippen LogP contribution is 2.29. The van der Waals surface area contributed by atoms with Gasteiger partial charge < -0.3 is 9.64 Å². The van der Waals surface area contributed by atoms with Crippen LogP contribution in [0.4, 0.5) is 18.9 Å². The molecule has 4 nitrogen and oxygen atoms in total. The molecule has 0 heterocycles. The zero-order chi connectivity index (χ0) is 20.6. The largest absolute Gasteiger partial charge is 0.482 e. The molecule has 144 valence electrons. The fraction of sp³-hybridized carbons (Fsp3) is 0.143. The van der Waals surface area contributed by atoms with E-state index in [-0.39, 0.29) is 5.75 Å². The smallest absolute Gasteiger partial charge is 0.422 e. The summed E-state index contributed by atoms with van der Waals surface area (Å²) in [5.74, 6) is 0.0960. The minimum atomic E-state index is -4.43. The predicted octanol–water partition coefficient (Wildman–Crippen LogP) is 4.73. The van der Waals surface area contributed by atoms with Gasteiger partial charge in [0.25, 0.3) is 0 Å². The summed E-state index contributed by atoms with van der Waals surface area (Å²) in [7, 11) is 1.66. The van der Waals surface area contributed by atoms with Crippen molar-refractivity contribution in [1.82, 2.24) is 0 Å². The van der Waals surface area contributed by atoms with E-state index in [4.69, 9.17) is 10.00 Å². The van der Waals surface area contributed by atoms with Gasteiger partial charge in [-0.3, -0.25) is 4.79 Å². The first-order valence-electron chi connectivity index (χ1n) is 8.19. The summed E-state index contributed by atoms with van der Waals surface area (Å²) in [5, 5.41) is 8.82. The number of hydrogen-bond acceptors (Lipinski definition) is 4. The summed E-state index contributed by atoms with van der Waals surface area (Å²) in [5.41, 5.74) is 1.98. The van der Waals surface area contributed by atoms with Crippen LogP contribution >= 0.6 is 0 Å². The monoisotopic (exact) mass is 386 g/mol. The fourth-order valence-corrected chi connectivity index (χ4v) is 2.33. The van der Waals surface area contributed by atoms with Gasteiger partial charge in [-0.25, -0.2) is 0 Å². The average Bonchev–Trinajstić information content (AvgIpc) is 2.69. The van der Waals surface area contributed by atoms with Crippen molar-refractivity contribution < 1.29 is 22.7 Å². The Balaban J connectivity index is 2.15. The van der Waals surface area contributed by atoms with Gasteiger partial charge in [0.15, 0.2) is 12.9 Å². The number of allylic oxidation sites excluding steroid dienone is 3. The molecule has 0 radical (unpaired) electrons. The molecule has 0 N–H and O–H groups in total. The van der Waals surface area contributed by atoms with Crippen molar-refractivity contribution in [2.24, 2.45) is 0 Å². The van der Waals surface area contributed by atoms with Crippen molar-refractivity contribution in [3.05, 3.63) is 78.0 Å². The normalized spacial score (nSPS) is 11.9. The first-order valence-corrected chi connectivity index (χ1v) is 8.19. The van der Waals surface area contributed by atoms with Crippen LogP contribution in [0.2, 0.25) is 0 Å². The van der Waals surface area contributed by atoms with Crippen molar-refractivity contribution in [1.29, 1.82) is 5.26 Å². The molecule has 0 aromatic heterocycles. The third-order valence-electron chi connectivity index (χ3n) is 3.70. The molecule has 0 saturated carbocycles. The number of benzene rings is 2. The molecule has 0 spiro atoms. The number of para-hydroxylation sites is 2. The molecule has 0 unspecified atom stereocenters. The number of nitriles is 1. The van der Waals surface area contributed by atoms with E-state index in [1.165, 1.54) is 6.07 Å². The Bertz CT molecular complexity index is 910. The highest BCUT2D eigenvalue weighted by Gasteiger charge is 2.28. The standard InChI is InChI=1S/C21H17F3N2O2/c1-26(19-6-2-3-7-20(19)28-15-21(22,23)24)12-4-5-18(14-27)17-10-8-16(13-25)9-11-17/h2-12,14H,15H2,1H3/b12-4-,18-5+.